The Labute approximate surface area is 173 Å². The minimum atomic E-state index is -0.302. The van der Waals surface area contributed by atoms with E-state index < -0.39 is 0 Å². The number of hydrogen-bond acceptors (Lipinski definition) is 3. The first-order chi connectivity index (χ1) is 13.9. The zero-order valence-corrected chi connectivity index (χ0v) is 16.9. The van der Waals surface area contributed by atoms with Crippen LogP contribution >= 0.6 is 11.6 Å². The summed E-state index contributed by atoms with van der Waals surface area (Å²) in [5.74, 6) is -0.529. The van der Waals surface area contributed by atoms with Crippen molar-refractivity contribution < 1.29 is 13.9 Å². The highest BCUT2D eigenvalue weighted by molar-refractivity contribution is 6.31. The average molecular weight is 411 g/mol. The van der Waals surface area contributed by atoms with Crippen molar-refractivity contribution in [3.05, 3.63) is 87.3 Å². The van der Waals surface area contributed by atoms with E-state index >= 15 is 0 Å². The van der Waals surface area contributed by atoms with Crippen LogP contribution < -0.4 is 5.32 Å². The predicted molar refractivity (Wildman–Crippen MR) is 112 cm³/mol. The highest BCUT2D eigenvalue weighted by Crippen LogP contribution is 2.37. The molecule has 0 radical (unpaired) electrons. The van der Waals surface area contributed by atoms with Gasteiger partial charge in [0.05, 0.1) is 18.0 Å². The van der Waals surface area contributed by atoms with Crippen molar-refractivity contribution in [1.82, 2.24) is 10.3 Å². The number of fused-ring (bicyclic) bond motifs is 2. The number of halogens is 2. The second kappa shape index (κ2) is 7.93. The molecular formula is C23H20ClFN2O2. The van der Waals surface area contributed by atoms with Gasteiger partial charge in [-0.1, -0.05) is 17.7 Å². The van der Waals surface area contributed by atoms with Gasteiger partial charge < -0.3 is 10.1 Å². The standard InChI is InChI=1S/C23H20ClFN2O2/c1-13(14(2)25)10-27-23(28)15-3-4-16-12-29-22(20(16)9-15)18-7-17-8-19(24)5-6-21(17)26-11-18/h3-9,11,22H,10,12H2,1-2H3,(H,27,28)/b14-13-. The third-order valence-electron chi connectivity index (χ3n) is 5.17. The summed E-state index contributed by atoms with van der Waals surface area (Å²) in [5.41, 5.74) is 4.75. The molecule has 1 unspecified atom stereocenters. The second-order valence-corrected chi connectivity index (χ2v) is 7.64. The lowest BCUT2D eigenvalue weighted by molar-refractivity contribution is 0.0935. The third kappa shape index (κ3) is 4.02. The van der Waals surface area contributed by atoms with Crippen LogP contribution in [-0.4, -0.2) is 17.4 Å². The van der Waals surface area contributed by atoms with Crippen molar-refractivity contribution in [1.29, 1.82) is 0 Å². The SMILES string of the molecule is C/C(F)=C(\C)CNC(=O)c1ccc2c(c1)C(c1cnc3ccc(Cl)cc3c1)OC2. The summed E-state index contributed by atoms with van der Waals surface area (Å²) < 4.78 is 19.2. The van der Waals surface area contributed by atoms with E-state index in [4.69, 9.17) is 16.3 Å². The van der Waals surface area contributed by atoms with Crippen molar-refractivity contribution in [3.63, 3.8) is 0 Å². The van der Waals surface area contributed by atoms with Crippen LogP contribution in [0.5, 0.6) is 0 Å². The molecule has 6 heteroatoms. The summed E-state index contributed by atoms with van der Waals surface area (Å²) in [5, 5.41) is 4.34. The number of nitrogens with zero attached hydrogens (tertiary/aromatic N) is 1. The van der Waals surface area contributed by atoms with Gasteiger partial charge in [-0.3, -0.25) is 9.78 Å². The maximum Gasteiger partial charge on any atom is 0.251 e. The fraction of sp³-hybridized carbons (Fsp3) is 0.217. The molecule has 0 fully saturated rings. The molecule has 1 aromatic heterocycles. The van der Waals surface area contributed by atoms with E-state index in [0.717, 1.165) is 27.6 Å². The van der Waals surface area contributed by atoms with Crippen LogP contribution in [0.3, 0.4) is 0 Å². The first-order valence-corrected chi connectivity index (χ1v) is 9.70. The molecule has 2 heterocycles. The van der Waals surface area contributed by atoms with Crippen LogP contribution in [0.4, 0.5) is 4.39 Å². The van der Waals surface area contributed by atoms with E-state index in [1.807, 2.05) is 36.4 Å². The van der Waals surface area contributed by atoms with Crippen LogP contribution in [0.1, 0.15) is 47.0 Å². The molecule has 0 spiro atoms. The van der Waals surface area contributed by atoms with Crippen LogP contribution in [0.2, 0.25) is 5.02 Å². The van der Waals surface area contributed by atoms with Gasteiger partial charge in [-0.25, -0.2) is 4.39 Å². The highest BCUT2D eigenvalue weighted by Gasteiger charge is 2.26. The van der Waals surface area contributed by atoms with Gasteiger partial charge in [0.25, 0.3) is 5.91 Å². The fourth-order valence-electron chi connectivity index (χ4n) is 3.35. The Kier molecular flexibility index (Phi) is 5.35. The molecule has 29 heavy (non-hydrogen) atoms. The minimum absolute atomic E-state index is 0.174. The largest absolute Gasteiger partial charge is 0.364 e. The minimum Gasteiger partial charge on any atom is -0.364 e. The Morgan fingerprint density at radius 2 is 2.07 bits per heavy atom. The van der Waals surface area contributed by atoms with E-state index in [0.29, 0.717) is 22.8 Å². The molecule has 3 aromatic rings. The predicted octanol–water partition coefficient (Wildman–Crippen LogP) is 5.50. The van der Waals surface area contributed by atoms with Gasteiger partial charge in [0.15, 0.2) is 0 Å². The van der Waals surface area contributed by atoms with E-state index in [1.165, 1.54) is 6.92 Å². The molecule has 1 amide bonds. The zero-order valence-electron chi connectivity index (χ0n) is 16.1. The number of aromatic nitrogens is 1. The van der Waals surface area contributed by atoms with Crippen LogP contribution in [0.25, 0.3) is 10.9 Å². The van der Waals surface area contributed by atoms with Gasteiger partial charge in [-0.2, -0.15) is 0 Å². The summed E-state index contributed by atoms with van der Waals surface area (Å²) in [4.78, 5) is 17.0. The molecule has 4 rings (SSSR count). The monoisotopic (exact) mass is 410 g/mol. The average Bonchev–Trinajstić information content (AvgIpc) is 3.14. The molecular weight excluding hydrogens is 391 g/mol. The van der Waals surface area contributed by atoms with Crippen LogP contribution in [-0.2, 0) is 11.3 Å². The molecule has 0 saturated carbocycles. The van der Waals surface area contributed by atoms with Crippen molar-refractivity contribution in [2.24, 2.45) is 0 Å². The molecule has 0 bridgehead atoms. The summed E-state index contributed by atoms with van der Waals surface area (Å²) in [6.07, 6.45) is 1.49. The number of benzene rings is 2. The lowest BCUT2D eigenvalue weighted by Gasteiger charge is -2.13. The summed E-state index contributed by atoms with van der Waals surface area (Å²) >= 11 is 6.11. The Morgan fingerprint density at radius 3 is 2.86 bits per heavy atom. The molecule has 1 atom stereocenters. The van der Waals surface area contributed by atoms with Crippen LogP contribution in [0, 0.1) is 0 Å². The fourth-order valence-corrected chi connectivity index (χ4v) is 3.53. The molecule has 1 aliphatic heterocycles. The molecule has 148 valence electrons. The molecule has 0 aliphatic carbocycles. The molecule has 1 N–H and O–H groups in total. The molecule has 0 saturated heterocycles. The lowest BCUT2D eigenvalue weighted by Crippen LogP contribution is -2.25. The molecule has 2 aromatic carbocycles. The topological polar surface area (TPSA) is 51.2 Å². The van der Waals surface area contributed by atoms with E-state index in [-0.39, 0.29) is 24.4 Å². The maximum absolute atomic E-state index is 13.2. The Bertz CT molecular complexity index is 1140. The van der Waals surface area contributed by atoms with Crippen molar-refractivity contribution >= 4 is 28.4 Å². The number of hydrogen-bond donors (Lipinski definition) is 1. The van der Waals surface area contributed by atoms with Crippen LogP contribution in [0.15, 0.2) is 60.1 Å². The first-order valence-electron chi connectivity index (χ1n) is 9.32. The van der Waals surface area contributed by atoms with Gasteiger partial charge >= 0.3 is 0 Å². The number of ether oxygens (including phenoxy) is 1. The maximum atomic E-state index is 13.2. The lowest BCUT2D eigenvalue weighted by atomic mass is 9.97. The second-order valence-electron chi connectivity index (χ2n) is 7.21. The summed E-state index contributed by atoms with van der Waals surface area (Å²) in [6, 6.07) is 13.1. The number of allylic oxidation sites excluding steroid dienone is 1. The van der Waals surface area contributed by atoms with Gasteiger partial charge in [-0.15, -0.1) is 0 Å². The number of carbonyl (C=O) groups excluding carboxylic acids is 1. The van der Waals surface area contributed by atoms with Crippen molar-refractivity contribution in [3.8, 4) is 0 Å². The number of amides is 1. The smallest absolute Gasteiger partial charge is 0.251 e. The Balaban J connectivity index is 1.62. The quantitative estimate of drug-likeness (QED) is 0.617. The summed E-state index contributed by atoms with van der Waals surface area (Å²) in [7, 11) is 0. The number of carbonyl (C=O) groups is 1. The van der Waals surface area contributed by atoms with E-state index in [1.54, 1.807) is 19.2 Å². The Morgan fingerprint density at radius 1 is 1.24 bits per heavy atom. The van der Waals surface area contributed by atoms with Crippen molar-refractivity contribution in [2.75, 3.05) is 6.54 Å². The van der Waals surface area contributed by atoms with Gasteiger partial charge in [-0.05, 0) is 66.9 Å². The zero-order chi connectivity index (χ0) is 20.5. The van der Waals surface area contributed by atoms with E-state index in [2.05, 4.69) is 10.3 Å². The number of rotatable bonds is 4. The van der Waals surface area contributed by atoms with Gasteiger partial charge in [0, 0.05) is 34.3 Å². The number of pyridine rings is 1. The Hall–Kier alpha value is -2.76. The molecule has 4 nitrogen and oxygen atoms in total. The van der Waals surface area contributed by atoms with Crippen molar-refractivity contribution in [2.45, 2.75) is 26.6 Å². The number of nitrogens with one attached hydrogen (secondary N) is 1. The first kappa shape index (κ1) is 19.6. The van der Waals surface area contributed by atoms with Gasteiger partial charge in [0.2, 0.25) is 0 Å². The highest BCUT2D eigenvalue weighted by atomic mass is 35.5. The normalized spacial score (nSPS) is 16.5. The third-order valence-corrected chi connectivity index (χ3v) is 5.40. The summed E-state index contributed by atoms with van der Waals surface area (Å²) in [6.45, 7) is 3.68. The van der Waals surface area contributed by atoms with Gasteiger partial charge in [0.1, 0.15) is 6.10 Å². The van der Waals surface area contributed by atoms with E-state index in [9.17, 15) is 9.18 Å². The molecule has 1 aliphatic rings.